The monoisotopic (exact) mass is 658 g/mol. The maximum absolute atomic E-state index is 12.6. The van der Waals surface area contributed by atoms with Gasteiger partial charge in [0.2, 0.25) is 0 Å². The first kappa shape index (κ1) is 36.5. The standard InChI is InChI=1S/C12H13F3O.2C11H9F3O/c1-8(16)6-7-10-4-3-5-11(9(10)2)12(13,14)15;2*1-6-7-3-5-10(15)8(7)2-4-9(6)11(12,13)14/h3-5H,6-7H2,1-2H3;2*2,4H,3,5H2,1H3. The SMILES string of the molecule is CC(=O)CCc1cccc(C(F)(F)F)c1C.Cc1c(C(F)(F)F)ccc2c1CCC2=O.Cc1c(C(F)(F)F)ccc2c1CCC2=O. The highest BCUT2D eigenvalue weighted by molar-refractivity contribution is 6.01. The molecule has 46 heavy (non-hydrogen) atoms. The van der Waals surface area contributed by atoms with Gasteiger partial charge in [-0.1, -0.05) is 24.3 Å². The van der Waals surface area contributed by atoms with Crippen molar-refractivity contribution >= 4 is 17.3 Å². The lowest BCUT2D eigenvalue weighted by molar-refractivity contribution is -0.138. The smallest absolute Gasteiger partial charge is 0.300 e. The van der Waals surface area contributed by atoms with E-state index in [0.29, 0.717) is 59.9 Å². The van der Waals surface area contributed by atoms with Gasteiger partial charge in [-0.15, -0.1) is 0 Å². The second kappa shape index (κ2) is 13.8. The number of rotatable bonds is 3. The third-order valence-corrected chi connectivity index (χ3v) is 8.11. The Morgan fingerprint density at radius 1 is 0.587 bits per heavy atom. The second-order valence-electron chi connectivity index (χ2n) is 11.2. The highest BCUT2D eigenvalue weighted by Gasteiger charge is 2.36. The number of hydrogen-bond donors (Lipinski definition) is 0. The van der Waals surface area contributed by atoms with Crippen molar-refractivity contribution < 1.29 is 53.9 Å². The minimum absolute atomic E-state index is 0.0168. The van der Waals surface area contributed by atoms with Crippen molar-refractivity contribution in [2.75, 3.05) is 0 Å². The van der Waals surface area contributed by atoms with E-state index in [9.17, 15) is 53.9 Å². The van der Waals surface area contributed by atoms with Gasteiger partial charge in [0.1, 0.15) is 5.78 Å². The summed E-state index contributed by atoms with van der Waals surface area (Å²) >= 11 is 0. The molecule has 2 aliphatic rings. The molecule has 12 heteroatoms. The molecule has 0 amide bonds. The maximum atomic E-state index is 12.6. The second-order valence-corrected chi connectivity index (χ2v) is 11.2. The highest BCUT2D eigenvalue weighted by Crippen LogP contribution is 2.38. The first-order valence-corrected chi connectivity index (χ1v) is 14.2. The van der Waals surface area contributed by atoms with Crippen molar-refractivity contribution in [3.8, 4) is 0 Å². The van der Waals surface area contributed by atoms with Crippen LogP contribution in [-0.4, -0.2) is 17.3 Å². The van der Waals surface area contributed by atoms with Crippen molar-refractivity contribution in [3.63, 3.8) is 0 Å². The van der Waals surface area contributed by atoms with E-state index in [1.54, 1.807) is 6.07 Å². The Balaban J connectivity index is 0.000000188. The van der Waals surface area contributed by atoms with E-state index in [1.165, 1.54) is 45.9 Å². The van der Waals surface area contributed by atoms with E-state index in [4.69, 9.17) is 0 Å². The number of alkyl halides is 9. The molecule has 3 aromatic rings. The Hall–Kier alpha value is -3.96. The van der Waals surface area contributed by atoms with Crippen molar-refractivity contribution in [2.45, 2.75) is 84.7 Å². The average Bonchev–Trinajstić information content (AvgIpc) is 3.50. The minimum atomic E-state index is -4.33. The zero-order valence-electron chi connectivity index (χ0n) is 25.4. The normalized spacial score (nSPS) is 14.2. The molecule has 0 heterocycles. The summed E-state index contributed by atoms with van der Waals surface area (Å²) in [6.07, 6.45) is -10.8. The summed E-state index contributed by atoms with van der Waals surface area (Å²) in [5.74, 6) is -0.125. The lowest BCUT2D eigenvalue weighted by Crippen LogP contribution is -2.09. The van der Waals surface area contributed by atoms with Gasteiger partial charge in [0.15, 0.2) is 11.6 Å². The van der Waals surface area contributed by atoms with Crippen molar-refractivity contribution in [3.05, 3.63) is 104 Å². The number of Topliss-reactive ketones (excluding diaryl/α,β-unsaturated/α-hetero) is 3. The lowest BCUT2D eigenvalue weighted by Gasteiger charge is -2.13. The van der Waals surface area contributed by atoms with Crippen LogP contribution in [0.2, 0.25) is 0 Å². The summed E-state index contributed by atoms with van der Waals surface area (Å²) in [7, 11) is 0. The quantitative estimate of drug-likeness (QED) is 0.263. The zero-order valence-corrected chi connectivity index (χ0v) is 25.4. The number of aryl methyl sites for hydroxylation is 1. The van der Waals surface area contributed by atoms with Crippen LogP contribution in [0.4, 0.5) is 39.5 Å². The van der Waals surface area contributed by atoms with Gasteiger partial charge in [-0.3, -0.25) is 9.59 Å². The van der Waals surface area contributed by atoms with Crippen molar-refractivity contribution in [1.29, 1.82) is 0 Å². The average molecular weight is 659 g/mol. The van der Waals surface area contributed by atoms with Crippen LogP contribution in [0.25, 0.3) is 0 Å². The Morgan fingerprint density at radius 3 is 1.35 bits per heavy atom. The fourth-order valence-corrected chi connectivity index (χ4v) is 5.61. The number of carbonyl (C=O) groups excluding carboxylic acids is 3. The van der Waals surface area contributed by atoms with Crippen molar-refractivity contribution in [2.24, 2.45) is 0 Å². The van der Waals surface area contributed by atoms with Gasteiger partial charge in [0.05, 0.1) is 16.7 Å². The van der Waals surface area contributed by atoms with Crippen LogP contribution >= 0.6 is 0 Å². The number of carbonyl (C=O) groups is 3. The fourth-order valence-electron chi connectivity index (χ4n) is 5.61. The van der Waals surface area contributed by atoms with Crippen LogP contribution in [0, 0.1) is 20.8 Å². The molecule has 0 saturated heterocycles. The molecule has 2 aliphatic carbocycles. The summed E-state index contributed by atoms with van der Waals surface area (Å²) in [6, 6.07) is 8.65. The molecule has 0 radical (unpaired) electrons. The summed E-state index contributed by atoms with van der Waals surface area (Å²) < 4.78 is 113. The van der Waals surface area contributed by atoms with E-state index < -0.39 is 35.2 Å². The molecule has 0 aromatic heterocycles. The van der Waals surface area contributed by atoms with E-state index in [2.05, 4.69) is 0 Å². The number of hydrogen-bond acceptors (Lipinski definition) is 3. The van der Waals surface area contributed by atoms with E-state index in [0.717, 1.165) is 18.2 Å². The van der Waals surface area contributed by atoms with Crippen LogP contribution in [-0.2, 0) is 42.6 Å². The van der Waals surface area contributed by atoms with Crippen LogP contribution in [0.1, 0.15) is 97.0 Å². The third kappa shape index (κ3) is 8.44. The molecule has 248 valence electrons. The van der Waals surface area contributed by atoms with Crippen LogP contribution in [0.15, 0.2) is 42.5 Å². The van der Waals surface area contributed by atoms with Gasteiger partial charge in [-0.2, -0.15) is 39.5 Å². The molecular formula is C34H31F9O3. The van der Waals surface area contributed by atoms with Gasteiger partial charge in [0.25, 0.3) is 0 Å². The number of benzene rings is 3. The summed E-state index contributed by atoms with van der Waals surface area (Å²) in [4.78, 5) is 33.4. The molecule has 3 nitrogen and oxygen atoms in total. The van der Waals surface area contributed by atoms with Crippen LogP contribution in [0.5, 0.6) is 0 Å². The first-order valence-electron chi connectivity index (χ1n) is 14.2. The zero-order chi connectivity index (χ0) is 34.8. The molecule has 0 spiro atoms. The lowest BCUT2D eigenvalue weighted by atomic mass is 9.98. The summed E-state index contributed by atoms with van der Waals surface area (Å²) in [5, 5.41) is 0. The van der Waals surface area contributed by atoms with Crippen molar-refractivity contribution in [1.82, 2.24) is 0 Å². The predicted octanol–water partition coefficient (Wildman–Crippen LogP) is 9.82. The van der Waals surface area contributed by atoms with E-state index >= 15 is 0 Å². The van der Waals surface area contributed by atoms with Gasteiger partial charge in [-0.25, -0.2) is 0 Å². The fraction of sp³-hybridized carbons (Fsp3) is 0.382. The molecular weight excluding hydrogens is 627 g/mol. The van der Waals surface area contributed by atoms with Gasteiger partial charge in [0, 0.05) is 30.4 Å². The minimum Gasteiger partial charge on any atom is -0.300 e. The molecule has 0 aliphatic heterocycles. The van der Waals surface area contributed by atoms with Crippen LogP contribution in [0.3, 0.4) is 0 Å². The molecule has 5 rings (SSSR count). The Bertz CT molecular complexity index is 1560. The molecule has 0 fully saturated rings. The molecule has 0 saturated carbocycles. The largest absolute Gasteiger partial charge is 0.416 e. The third-order valence-electron chi connectivity index (χ3n) is 8.11. The van der Waals surface area contributed by atoms with E-state index in [1.807, 2.05) is 0 Å². The topological polar surface area (TPSA) is 51.2 Å². The molecule has 0 unspecified atom stereocenters. The summed E-state index contributed by atoms with van der Waals surface area (Å²) in [6.45, 7) is 5.74. The molecule has 0 atom stereocenters. The number of halogens is 9. The van der Waals surface area contributed by atoms with Gasteiger partial charge in [-0.05, 0) is 98.5 Å². The highest BCUT2D eigenvalue weighted by atomic mass is 19.4. The van der Waals surface area contributed by atoms with E-state index in [-0.39, 0.29) is 40.5 Å². The first-order chi connectivity index (χ1) is 21.1. The Labute approximate surface area is 259 Å². The van der Waals surface area contributed by atoms with Crippen LogP contribution < -0.4 is 0 Å². The number of fused-ring (bicyclic) bond motifs is 2. The molecule has 0 N–H and O–H groups in total. The van der Waals surface area contributed by atoms with Gasteiger partial charge < -0.3 is 4.79 Å². The molecule has 3 aromatic carbocycles. The number of ketones is 3. The predicted molar refractivity (Wildman–Crippen MR) is 153 cm³/mol. The Kier molecular flexibility index (Phi) is 11.0. The summed E-state index contributed by atoms with van der Waals surface area (Å²) in [5.41, 5.74) is 1.38. The maximum Gasteiger partial charge on any atom is 0.416 e. The Morgan fingerprint density at radius 2 is 0.978 bits per heavy atom. The molecule has 0 bridgehead atoms. The van der Waals surface area contributed by atoms with Gasteiger partial charge >= 0.3 is 18.5 Å².